The van der Waals surface area contributed by atoms with E-state index in [1.165, 1.54) is 5.56 Å². The molecule has 1 unspecified atom stereocenters. The van der Waals surface area contributed by atoms with E-state index in [9.17, 15) is 5.11 Å². The molecule has 0 fully saturated rings. The van der Waals surface area contributed by atoms with Gasteiger partial charge in [-0.2, -0.15) is 0 Å². The highest BCUT2D eigenvalue weighted by Gasteiger charge is 2.03. The maximum absolute atomic E-state index is 9.27. The number of hydrogen-bond donors (Lipinski definition) is 2. The van der Waals surface area contributed by atoms with Crippen LogP contribution in [0.25, 0.3) is 0 Å². The second kappa shape index (κ2) is 6.51. The minimum atomic E-state index is -0.465. The van der Waals surface area contributed by atoms with Gasteiger partial charge in [-0.1, -0.05) is 26.0 Å². The third-order valence-electron chi connectivity index (χ3n) is 2.52. The van der Waals surface area contributed by atoms with E-state index in [4.69, 9.17) is 10.5 Å². The fourth-order valence-electron chi connectivity index (χ4n) is 1.39. The molecule has 90 valence electrons. The number of nitrogens with two attached hydrogens (primary N) is 1. The summed E-state index contributed by atoms with van der Waals surface area (Å²) in [6, 6.07) is 8.05. The van der Waals surface area contributed by atoms with Crippen LogP contribution in [0.2, 0.25) is 0 Å². The Morgan fingerprint density at radius 2 is 2.12 bits per heavy atom. The molecule has 0 spiro atoms. The Hall–Kier alpha value is -1.06. The highest BCUT2D eigenvalue weighted by Crippen LogP contribution is 2.20. The van der Waals surface area contributed by atoms with Crippen LogP contribution in [-0.2, 0) is 0 Å². The van der Waals surface area contributed by atoms with Crippen molar-refractivity contribution in [1.29, 1.82) is 0 Å². The van der Waals surface area contributed by atoms with Gasteiger partial charge in [-0.3, -0.25) is 0 Å². The van der Waals surface area contributed by atoms with Crippen LogP contribution in [0.15, 0.2) is 24.3 Å². The zero-order valence-electron chi connectivity index (χ0n) is 10.0. The zero-order chi connectivity index (χ0) is 12.0. The lowest BCUT2D eigenvalue weighted by molar-refractivity contribution is 0.146. The molecule has 0 heterocycles. The molecule has 0 aliphatic rings. The van der Waals surface area contributed by atoms with Gasteiger partial charge in [0.15, 0.2) is 0 Å². The van der Waals surface area contributed by atoms with Crippen LogP contribution in [0.5, 0.6) is 5.75 Å². The highest BCUT2D eigenvalue weighted by molar-refractivity contribution is 5.30. The van der Waals surface area contributed by atoms with Crippen molar-refractivity contribution in [2.45, 2.75) is 32.3 Å². The Morgan fingerprint density at radius 3 is 2.75 bits per heavy atom. The van der Waals surface area contributed by atoms with Gasteiger partial charge in [-0.15, -0.1) is 0 Å². The van der Waals surface area contributed by atoms with Crippen LogP contribution in [0.4, 0.5) is 0 Å². The summed E-state index contributed by atoms with van der Waals surface area (Å²) in [6.45, 7) is 5.09. The molecule has 0 aliphatic heterocycles. The normalized spacial score (nSPS) is 12.8. The standard InChI is InChI=1S/C13H21NO2/c1-10(2)11-4-3-5-13(8-11)16-7-6-12(15)9-14/h3-5,8,10,12,15H,6-7,9,14H2,1-2H3. The molecule has 0 bridgehead atoms. The molecule has 0 aromatic heterocycles. The number of hydrogen-bond acceptors (Lipinski definition) is 3. The van der Waals surface area contributed by atoms with Gasteiger partial charge < -0.3 is 15.6 Å². The molecule has 0 aliphatic carbocycles. The zero-order valence-corrected chi connectivity index (χ0v) is 10.0. The van der Waals surface area contributed by atoms with Crippen molar-refractivity contribution in [2.75, 3.05) is 13.2 Å². The first-order valence-corrected chi connectivity index (χ1v) is 5.74. The first kappa shape index (κ1) is 13.0. The van der Waals surface area contributed by atoms with Gasteiger partial charge in [0.05, 0.1) is 12.7 Å². The van der Waals surface area contributed by atoms with Gasteiger partial charge in [0.2, 0.25) is 0 Å². The average Bonchev–Trinajstić information content (AvgIpc) is 2.29. The van der Waals surface area contributed by atoms with E-state index >= 15 is 0 Å². The van der Waals surface area contributed by atoms with Crippen LogP contribution in [0.3, 0.4) is 0 Å². The topological polar surface area (TPSA) is 55.5 Å². The number of rotatable bonds is 6. The Bertz CT molecular complexity index is 313. The molecule has 0 radical (unpaired) electrons. The molecule has 1 aromatic carbocycles. The maximum atomic E-state index is 9.27. The van der Waals surface area contributed by atoms with Crippen molar-refractivity contribution in [3.05, 3.63) is 29.8 Å². The average molecular weight is 223 g/mol. The summed E-state index contributed by atoms with van der Waals surface area (Å²) in [5.74, 6) is 1.36. The van der Waals surface area contributed by atoms with Crippen LogP contribution in [-0.4, -0.2) is 24.4 Å². The molecule has 1 rings (SSSR count). The predicted octanol–water partition coefficient (Wildman–Crippen LogP) is 1.90. The van der Waals surface area contributed by atoms with Gasteiger partial charge in [-0.05, 0) is 23.6 Å². The quantitative estimate of drug-likeness (QED) is 0.774. The highest BCUT2D eigenvalue weighted by atomic mass is 16.5. The fourth-order valence-corrected chi connectivity index (χ4v) is 1.39. The monoisotopic (exact) mass is 223 g/mol. The Morgan fingerprint density at radius 1 is 1.38 bits per heavy atom. The molecule has 0 amide bonds. The maximum Gasteiger partial charge on any atom is 0.119 e. The van der Waals surface area contributed by atoms with Gasteiger partial charge in [-0.25, -0.2) is 0 Å². The van der Waals surface area contributed by atoms with Crippen molar-refractivity contribution in [3.63, 3.8) is 0 Å². The van der Waals surface area contributed by atoms with Crippen molar-refractivity contribution in [3.8, 4) is 5.75 Å². The van der Waals surface area contributed by atoms with Gasteiger partial charge >= 0.3 is 0 Å². The van der Waals surface area contributed by atoms with E-state index in [2.05, 4.69) is 19.9 Å². The fraction of sp³-hybridized carbons (Fsp3) is 0.538. The predicted molar refractivity (Wildman–Crippen MR) is 65.7 cm³/mol. The molecule has 0 saturated carbocycles. The summed E-state index contributed by atoms with van der Waals surface area (Å²) < 4.78 is 5.55. The second-order valence-electron chi connectivity index (χ2n) is 4.25. The molecule has 3 nitrogen and oxygen atoms in total. The first-order chi connectivity index (χ1) is 7.63. The lowest BCUT2D eigenvalue weighted by atomic mass is 10.0. The molecule has 0 saturated heterocycles. The SMILES string of the molecule is CC(C)c1cccc(OCCC(O)CN)c1. The molecule has 3 N–H and O–H groups in total. The van der Waals surface area contributed by atoms with Gasteiger partial charge in [0, 0.05) is 13.0 Å². The van der Waals surface area contributed by atoms with Crippen LogP contribution >= 0.6 is 0 Å². The minimum absolute atomic E-state index is 0.287. The van der Waals surface area contributed by atoms with E-state index in [-0.39, 0.29) is 6.54 Å². The Balaban J connectivity index is 2.45. The Labute approximate surface area is 97.2 Å². The minimum Gasteiger partial charge on any atom is -0.493 e. The largest absolute Gasteiger partial charge is 0.493 e. The number of benzene rings is 1. The van der Waals surface area contributed by atoms with Crippen molar-refractivity contribution >= 4 is 0 Å². The smallest absolute Gasteiger partial charge is 0.119 e. The molecule has 3 heteroatoms. The summed E-state index contributed by atoms with van der Waals surface area (Å²) in [6.07, 6.45) is 0.107. The first-order valence-electron chi connectivity index (χ1n) is 5.74. The van der Waals surface area contributed by atoms with Crippen molar-refractivity contribution < 1.29 is 9.84 Å². The van der Waals surface area contributed by atoms with E-state index in [1.54, 1.807) is 0 Å². The number of aliphatic hydroxyl groups is 1. The molecule has 1 atom stereocenters. The van der Waals surface area contributed by atoms with E-state index in [0.29, 0.717) is 18.9 Å². The number of ether oxygens (including phenoxy) is 1. The second-order valence-corrected chi connectivity index (χ2v) is 4.25. The van der Waals surface area contributed by atoms with E-state index in [1.807, 2.05) is 18.2 Å². The third kappa shape index (κ3) is 4.21. The number of aliphatic hydroxyl groups excluding tert-OH is 1. The summed E-state index contributed by atoms with van der Waals surface area (Å²) in [5, 5.41) is 9.27. The van der Waals surface area contributed by atoms with Crippen LogP contribution in [0.1, 0.15) is 31.7 Å². The lowest BCUT2D eigenvalue weighted by Gasteiger charge is -2.11. The third-order valence-corrected chi connectivity index (χ3v) is 2.52. The van der Waals surface area contributed by atoms with Gasteiger partial charge in [0.25, 0.3) is 0 Å². The van der Waals surface area contributed by atoms with Crippen molar-refractivity contribution in [1.82, 2.24) is 0 Å². The van der Waals surface area contributed by atoms with Crippen LogP contribution < -0.4 is 10.5 Å². The van der Waals surface area contributed by atoms with Gasteiger partial charge in [0.1, 0.15) is 5.75 Å². The lowest BCUT2D eigenvalue weighted by Crippen LogP contribution is -2.21. The summed E-state index contributed by atoms with van der Waals surface area (Å²) in [7, 11) is 0. The van der Waals surface area contributed by atoms with Crippen LogP contribution in [0, 0.1) is 0 Å². The molecule has 1 aromatic rings. The summed E-state index contributed by atoms with van der Waals surface area (Å²) >= 11 is 0. The van der Waals surface area contributed by atoms with E-state index in [0.717, 1.165) is 5.75 Å². The van der Waals surface area contributed by atoms with E-state index < -0.39 is 6.10 Å². The summed E-state index contributed by atoms with van der Waals surface area (Å²) in [4.78, 5) is 0. The molecular formula is C13H21NO2. The molecular weight excluding hydrogens is 202 g/mol. The van der Waals surface area contributed by atoms with Crippen molar-refractivity contribution in [2.24, 2.45) is 5.73 Å². The Kier molecular flexibility index (Phi) is 5.29. The summed E-state index contributed by atoms with van der Waals surface area (Å²) in [5.41, 5.74) is 6.57. The molecule has 16 heavy (non-hydrogen) atoms.